The number of aliphatic hydroxyl groups excluding tert-OH is 1. The molecule has 8 heteroatoms. The summed E-state index contributed by atoms with van der Waals surface area (Å²) in [5, 5.41) is 19.2. The first-order valence-corrected chi connectivity index (χ1v) is 6.73. The van der Waals surface area contributed by atoms with Crippen molar-refractivity contribution in [3.8, 4) is 0 Å². The summed E-state index contributed by atoms with van der Waals surface area (Å²) in [5.41, 5.74) is 0.332. The molecule has 1 amide bonds. The highest BCUT2D eigenvalue weighted by Crippen LogP contribution is 2.20. The molecule has 20 heavy (non-hydrogen) atoms. The van der Waals surface area contributed by atoms with E-state index in [1.807, 2.05) is 5.38 Å². The fourth-order valence-electron chi connectivity index (χ4n) is 1.74. The van der Waals surface area contributed by atoms with E-state index in [1.165, 1.54) is 18.4 Å². The maximum Gasteiger partial charge on any atom is 0.280 e. The molecule has 2 aromatic rings. The van der Waals surface area contributed by atoms with E-state index >= 15 is 0 Å². The molecule has 0 aliphatic rings. The zero-order valence-electron chi connectivity index (χ0n) is 10.6. The number of nitrogens with one attached hydrogen (secondary N) is 1. The van der Waals surface area contributed by atoms with Gasteiger partial charge in [-0.25, -0.2) is 8.78 Å². The Labute approximate surface area is 117 Å². The second-order valence-corrected chi connectivity index (χ2v) is 4.92. The summed E-state index contributed by atoms with van der Waals surface area (Å²) in [6, 6.07) is 2.24. The molecule has 0 aliphatic heterocycles. The third kappa shape index (κ3) is 3.02. The zero-order chi connectivity index (χ0) is 14.7. The molecule has 0 radical (unpaired) electrons. The molecule has 108 valence electrons. The summed E-state index contributed by atoms with van der Waals surface area (Å²) in [4.78, 5) is 12.0. The van der Waals surface area contributed by atoms with Crippen molar-refractivity contribution in [2.24, 2.45) is 7.05 Å². The van der Waals surface area contributed by atoms with Crippen LogP contribution in [0, 0.1) is 0 Å². The maximum atomic E-state index is 12.6. The number of carbonyl (C=O) groups is 1. The summed E-state index contributed by atoms with van der Waals surface area (Å²) < 4.78 is 26.2. The molecular formula is C12H13F2N3O2S. The van der Waals surface area contributed by atoms with Crippen LogP contribution in [0.3, 0.4) is 0 Å². The van der Waals surface area contributed by atoms with Crippen molar-refractivity contribution in [2.75, 3.05) is 6.61 Å². The summed E-state index contributed by atoms with van der Waals surface area (Å²) in [6.45, 7) is -0.281. The first-order valence-electron chi connectivity index (χ1n) is 5.78. The average molecular weight is 301 g/mol. The number of nitrogens with zero attached hydrogens (tertiary/aromatic N) is 2. The van der Waals surface area contributed by atoms with Crippen molar-refractivity contribution < 1.29 is 18.7 Å². The van der Waals surface area contributed by atoms with Gasteiger partial charge in [-0.05, 0) is 28.5 Å². The molecule has 2 heterocycles. The van der Waals surface area contributed by atoms with Crippen LogP contribution in [0.4, 0.5) is 8.78 Å². The number of halogens is 2. The van der Waals surface area contributed by atoms with Crippen LogP contribution >= 0.6 is 11.3 Å². The number of aromatic nitrogens is 2. The number of aryl methyl sites for hydroxylation is 1. The Balaban J connectivity index is 2.13. The van der Waals surface area contributed by atoms with E-state index in [4.69, 9.17) is 0 Å². The fraction of sp³-hybridized carbons (Fsp3) is 0.333. The van der Waals surface area contributed by atoms with E-state index in [1.54, 1.807) is 11.4 Å². The van der Waals surface area contributed by atoms with Gasteiger partial charge in [0.25, 0.3) is 12.3 Å². The topological polar surface area (TPSA) is 67.2 Å². The molecule has 2 rings (SSSR count). The van der Waals surface area contributed by atoms with Gasteiger partial charge in [-0.15, -0.1) is 0 Å². The fourth-order valence-corrected chi connectivity index (χ4v) is 2.45. The third-order valence-corrected chi connectivity index (χ3v) is 3.51. The van der Waals surface area contributed by atoms with Gasteiger partial charge in [-0.3, -0.25) is 9.48 Å². The van der Waals surface area contributed by atoms with E-state index in [9.17, 15) is 18.7 Å². The lowest BCUT2D eigenvalue weighted by Crippen LogP contribution is -2.30. The molecule has 0 bridgehead atoms. The zero-order valence-corrected chi connectivity index (χ0v) is 11.4. The quantitative estimate of drug-likeness (QED) is 0.886. The number of hydrogen-bond donors (Lipinski definition) is 2. The Morgan fingerprint density at radius 1 is 1.60 bits per heavy atom. The Hall–Kier alpha value is -1.80. The first kappa shape index (κ1) is 14.6. The lowest BCUT2D eigenvalue weighted by Gasteiger charge is -2.13. The Kier molecular flexibility index (Phi) is 4.46. The predicted molar refractivity (Wildman–Crippen MR) is 69.8 cm³/mol. The highest BCUT2D eigenvalue weighted by Gasteiger charge is 2.21. The van der Waals surface area contributed by atoms with Crippen LogP contribution in [0.25, 0.3) is 0 Å². The number of thiophene rings is 1. The van der Waals surface area contributed by atoms with E-state index in [2.05, 4.69) is 10.4 Å². The van der Waals surface area contributed by atoms with Crippen molar-refractivity contribution in [2.45, 2.75) is 12.5 Å². The lowest BCUT2D eigenvalue weighted by atomic mass is 10.1. The summed E-state index contributed by atoms with van der Waals surface area (Å²) in [6.07, 6.45) is -2.69. The number of carbonyl (C=O) groups excluding carboxylic acids is 1. The van der Waals surface area contributed by atoms with E-state index in [0.717, 1.165) is 16.3 Å². The number of alkyl halides is 2. The van der Waals surface area contributed by atoms with Gasteiger partial charge >= 0.3 is 0 Å². The molecule has 5 nitrogen and oxygen atoms in total. The molecule has 0 saturated carbocycles. The predicted octanol–water partition coefficient (Wildman–Crippen LogP) is 1.88. The van der Waals surface area contributed by atoms with Gasteiger partial charge in [0.2, 0.25) is 0 Å². The first-order chi connectivity index (χ1) is 9.52. The smallest absolute Gasteiger partial charge is 0.280 e. The van der Waals surface area contributed by atoms with Crippen LogP contribution in [-0.2, 0) is 7.05 Å². The minimum absolute atomic E-state index is 0.100. The van der Waals surface area contributed by atoms with Gasteiger partial charge in [0.05, 0.1) is 12.6 Å². The molecule has 0 aliphatic carbocycles. The normalized spacial score (nSPS) is 12.7. The number of rotatable bonds is 5. The third-order valence-electron chi connectivity index (χ3n) is 2.81. The summed E-state index contributed by atoms with van der Waals surface area (Å²) in [5.74, 6) is -0.599. The highest BCUT2D eigenvalue weighted by atomic mass is 32.1. The van der Waals surface area contributed by atoms with Crippen LogP contribution < -0.4 is 5.32 Å². The molecule has 2 N–H and O–H groups in total. The molecule has 1 atom stereocenters. The van der Waals surface area contributed by atoms with E-state index in [0.29, 0.717) is 0 Å². The van der Waals surface area contributed by atoms with Gasteiger partial charge in [-0.1, -0.05) is 0 Å². The standard InChI is InChI=1S/C12H13F2N3O2S/c1-17-10(11(13)14)4-8(16-17)12(19)15-9(5-18)7-2-3-20-6-7/h2-4,6,9,11,18H,5H2,1H3,(H,15,19). The number of hydrogen-bond acceptors (Lipinski definition) is 4. The van der Waals surface area contributed by atoms with Gasteiger partial charge < -0.3 is 10.4 Å². The van der Waals surface area contributed by atoms with Crippen molar-refractivity contribution in [3.05, 3.63) is 39.8 Å². The second-order valence-electron chi connectivity index (χ2n) is 4.14. The van der Waals surface area contributed by atoms with Gasteiger partial charge in [-0.2, -0.15) is 16.4 Å². The Morgan fingerprint density at radius 2 is 2.35 bits per heavy atom. The van der Waals surface area contributed by atoms with Crippen LogP contribution in [-0.4, -0.2) is 27.4 Å². The van der Waals surface area contributed by atoms with Crippen molar-refractivity contribution in [1.82, 2.24) is 15.1 Å². The Bertz CT molecular complexity index is 584. The second kappa shape index (κ2) is 6.10. The van der Waals surface area contributed by atoms with Gasteiger partial charge in [0, 0.05) is 7.05 Å². The Morgan fingerprint density at radius 3 is 2.85 bits per heavy atom. The molecule has 0 aromatic carbocycles. The largest absolute Gasteiger partial charge is 0.394 e. The molecule has 0 spiro atoms. The highest BCUT2D eigenvalue weighted by molar-refractivity contribution is 7.07. The SMILES string of the molecule is Cn1nc(C(=O)NC(CO)c2ccsc2)cc1C(F)F. The monoisotopic (exact) mass is 301 g/mol. The minimum atomic E-state index is -2.69. The molecule has 0 saturated heterocycles. The molecule has 1 unspecified atom stereocenters. The summed E-state index contributed by atoms with van der Waals surface area (Å²) in [7, 11) is 1.35. The number of amides is 1. The average Bonchev–Trinajstić information content (AvgIpc) is 3.04. The van der Waals surface area contributed by atoms with Crippen molar-refractivity contribution in [1.29, 1.82) is 0 Å². The summed E-state index contributed by atoms with van der Waals surface area (Å²) >= 11 is 1.44. The maximum absolute atomic E-state index is 12.6. The molecule has 0 fully saturated rings. The van der Waals surface area contributed by atoms with Crippen molar-refractivity contribution >= 4 is 17.2 Å². The van der Waals surface area contributed by atoms with Crippen LogP contribution in [0.5, 0.6) is 0 Å². The number of aliphatic hydroxyl groups is 1. The van der Waals surface area contributed by atoms with Crippen molar-refractivity contribution in [3.63, 3.8) is 0 Å². The van der Waals surface area contributed by atoms with Crippen LogP contribution in [0.1, 0.15) is 34.2 Å². The van der Waals surface area contributed by atoms with Gasteiger partial charge in [0.15, 0.2) is 5.69 Å². The minimum Gasteiger partial charge on any atom is -0.394 e. The molecule has 2 aromatic heterocycles. The lowest BCUT2D eigenvalue weighted by molar-refractivity contribution is 0.0910. The van der Waals surface area contributed by atoms with E-state index < -0.39 is 18.4 Å². The van der Waals surface area contributed by atoms with Crippen LogP contribution in [0.15, 0.2) is 22.9 Å². The molecular weight excluding hydrogens is 288 g/mol. The van der Waals surface area contributed by atoms with Gasteiger partial charge in [0.1, 0.15) is 5.69 Å². The van der Waals surface area contributed by atoms with E-state index in [-0.39, 0.29) is 18.0 Å². The van der Waals surface area contributed by atoms with Crippen LogP contribution in [0.2, 0.25) is 0 Å².